The molecule has 18 heavy (non-hydrogen) atoms. The largest absolute Gasteiger partial charge is 0.479 e. The summed E-state index contributed by atoms with van der Waals surface area (Å²) >= 11 is 3.17. The van der Waals surface area contributed by atoms with Crippen LogP contribution in [0.3, 0.4) is 0 Å². The Labute approximate surface area is 112 Å². The average Bonchev–Trinajstić information content (AvgIpc) is 3.13. The molecule has 1 unspecified atom stereocenters. The molecule has 96 valence electrons. The summed E-state index contributed by atoms with van der Waals surface area (Å²) in [5.74, 6) is -1.86. The average molecular weight is 316 g/mol. The molecule has 1 atom stereocenters. The number of aliphatic carboxylic acids is 1. The van der Waals surface area contributed by atoms with E-state index in [4.69, 9.17) is 0 Å². The Kier molecular flexibility index (Phi) is 3.65. The number of rotatable bonds is 5. The first-order chi connectivity index (χ1) is 8.54. The summed E-state index contributed by atoms with van der Waals surface area (Å²) in [5, 5.41) is 9.24. The molecule has 1 N–H and O–H groups in total. The van der Waals surface area contributed by atoms with Crippen LogP contribution in [0.2, 0.25) is 0 Å². The van der Waals surface area contributed by atoms with Crippen molar-refractivity contribution in [2.24, 2.45) is 0 Å². The van der Waals surface area contributed by atoms with E-state index >= 15 is 0 Å². The SMILES string of the molecule is O=CN(C1CC1)C(C(=O)O)c1cc(Br)ccc1F. The fraction of sp³-hybridized carbons (Fsp3) is 0.333. The van der Waals surface area contributed by atoms with Crippen molar-refractivity contribution < 1.29 is 19.1 Å². The Morgan fingerprint density at radius 3 is 2.72 bits per heavy atom. The molecule has 1 aliphatic rings. The molecule has 0 aliphatic heterocycles. The van der Waals surface area contributed by atoms with Gasteiger partial charge in [0, 0.05) is 16.1 Å². The Balaban J connectivity index is 2.43. The van der Waals surface area contributed by atoms with Crippen molar-refractivity contribution in [3.63, 3.8) is 0 Å². The van der Waals surface area contributed by atoms with Gasteiger partial charge in [0.2, 0.25) is 6.41 Å². The van der Waals surface area contributed by atoms with Gasteiger partial charge in [0.25, 0.3) is 0 Å². The Morgan fingerprint density at radius 1 is 1.56 bits per heavy atom. The van der Waals surface area contributed by atoms with Crippen molar-refractivity contribution in [1.82, 2.24) is 4.90 Å². The van der Waals surface area contributed by atoms with Gasteiger partial charge in [-0.15, -0.1) is 0 Å². The molecule has 1 aromatic rings. The summed E-state index contributed by atoms with van der Waals surface area (Å²) in [4.78, 5) is 23.5. The monoisotopic (exact) mass is 315 g/mol. The second-order valence-electron chi connectivity index (χ2n) is 4.19. The summed E-state index contributed by atoms with van der Waals surface area (Å²) in [6.07, 6.45) is 2.01. The summed E-state index contributed by atoms with van der Waals surface area (Å²) in [6, 6.07) is 2.70. The molecular formula is C12H11BrFNO3. The maximum absolute atomic E-state index is 13.7. The highest BCUT2D eigenvalue weighted by molar-refractivity contribution is 9.10. The number of hydrogen-bond acceptors (Lipinski definition) is 2. The van der Waals surface area contributed by atoms with Crippen LogP contribution in [0.25, 0.3) is 0 Å². The minimum absolute atomic E-state index is 0.00382. The Bertz CT molecular complexity index is 490. The van der Waals surface area contributed by atoms with Crippen LogP contribution >= 0.6 is 15.9 Å². The van der Waals surface area contributed by atoms with Crippen LogP contribution in [0.1, 0.15) is 24.4 Å². The van der Waals surface area contributed by atoms with E-state index in [0.29, 0.717) is 10.9 Å². The molecule has 1 aromatic carbocycles. The number of hydrogen-bond donors (Lipinski definition) is 1. The third kappa shape index (κ3) is 2.53. The van der Waals surface area contributed by atoms with Gasteiger partial charge in [-0.3, -0.25) is 4.79 Å². The standard InChI is InChI=1S/C12H11BrFNO3/c13-7-1-4-10(14)9(5-7)11(12(17)18)15(6-16)8-2-3-8/h1,4-6,8,11H,2-3H2,(H,17,18). The summed E-state index contributed by atoms with van der Waals surface area (Å²) in [5.41, 5.74) is -0.00382. The van der Waals surface area contributed by atoms with Crippen LogP contribution in [-0.2, 0) is 9.59 Å². The van der Waals surface area contributed by atoms with E-state index in [2.05, 4.69) is 15.9 Å². The lowest BCUT2D eigenvalue weighted by molar-refractivity contribution is -0.147. The topological polar surface area (TPSA) is 57.6 Å². The molecule has 0 aromatic heterocycles. The van der Waals surface area contributed by atoms with Crippen molar-refractivity contribution in [1.29, 1.82) is 0 Å². The van der Waals surface area contributed by atoms with Crippen LogP contribution in [0.5, 0.6) is 0 Å². The van der Waals surface area contributed by atoms with Gasteiger partial charge in [-0.25, -0.2) is 9.18 Å². The minimum atomic E-state index is -1.27. The number of benzene rings is 1. The molecule has 1 fully saturated rings. The smallest absolute Gasteiger partial charge is 0.331 e. The summed E-state index contributed by atoms with van der Waals surface area (Å²) in [7, 11) is 0. The molecule has 1 amide bonds. The highest BCUT2D eigenvalue weighted by atomic mass is 79.9. The van der Waals surface area contributed by atoms with Crippen molar-refractivity contribution in [2.75, 3.05) is 0 Å². The van der Waals surface area contributed by atoms with E-state index in [1.165, 1.54) is 23.1 Å². The molecule has 0 radical (unpaired) electrons. The van der Waals surface area contributed by atoms with Gasteiger partial charge >= 0.3 is 5.97 Å². The van der Waals surface area contributed by atoms with Crippen LogP contribution in [-0.4, -0.2) is 28.4 Å². The number of amides is 1. The maximum atomic E-state index is 13.7. The van der Waals surface area contributed by atoms with Gasteiger partial charge in [0.05, 0.1) is 0 Å². The highest BCUT2D eigenvalue weighted by Gasteiger charge is 2.38. The zero-order valence-electron chi connectivity index (χ0n) is 9.35. The predicted octanol–water partition coefficient (Wildman–Crippen LogP) is 2.33. The molecule has 0 spiro atoms. The van der Waals surface area contributed by atoms with Crippen LogP contribution in [0.15, 0.2) is 22.7 Å². The second kappa shape index (κ2) is 5.06. The Hall–Kier alpha value is -1.43. The molecule has 4 nitrogen and oxygen atoms in total. The van der Waals surface area contributed by atoms with Gasteiger partial charge in [0.1, 0.15) is 5.82 Å². The maximum Gasteiger partial charge on any atom is 0.331 e. The van der Waals surface area contributed by atoms with Gasteiger partial charge < -0.3 is 10.0 Å². The molecule has 0 heterocycles. The fourth-order valence-corrected chi connectivity index (χ4v) is 2.25. The number of carboxylic acids is 1. The van der Waals surface area contributed by atoms with Crippen LogP contribution in [0, 0.1) is 5.82 Å². The highest BCUT2D eigenvalue weighted by Crippen LogP contribution is 2.35. The first kappa shape index (κ1) is 13.0. The molecule has 0 bridgehead atoms. The first-order valence-electron chi connectivity index (χ1n) is 5.45. The zero-order chi connectivity index (χ0) is 13.3. The van der Waals surface area contributed by atoms with Crippen molar-refractivity contribution >= 4 is 28.3 Å². The lowest BCUT2D eigenvalue weighted by Crippen LogP contribution is -2.35. The van der Waals surface area contributed by atoms with E-state index in [1.54, 1.807) is 0 Å². The summed E-state index contributed by atoms with van der Waals surface area (Å²) < 4.78 is 14.3. The van der Waals surface area contributed by atoms with Gasteiger partial charge in [-0.1, -0.05) is 15.9 Å². The molecular weight excluding hydrogens is 305 g/mol. The van der Waals surface area contributed by atoms with Crippen LogP contribution < -0.4 is 0 Å². The normalized spacial score (nSPS) is 16.1. The van der Waals surface area contributed by atoms with E-state index in [1.807, 2.05) is 0 Å². The van der Waals surface area contributed by atoms with E-state index in [0.717, 1.165) is 12.8 Å². The van der Waals surface area contributed by atoms with Gasteiger partial charge in [0.15, 0.2) is 6.04 Å². The Morgan fingerprint density at radius 2 is 2.22 bits per heavy atom. The van der Waals surface area contributed by atoms with E-state index in [-0.39, 0.29) is 11.6 Å². The fourth-order valence-electron chi connectivity index (χ4n) is 1.88. The molecule has 0 saturated heterocycles. The van der Waals surface area contributed by atoms with Crippen molar-refractivity contribution in [3.8, 4) is 0 Å². The number of halogens is 2. The number of carboxylic acid groups (broad SMARTS) is 1. The van der Waals surface area contributed by atoms with E-state index < -0.39 is 17.8 Å². The van der Waals surface area contributed by atoms with Crippen molar-refractivity contribution in [2.45, 2.75) is 24.9 Å². The van der Waals surface area contributed by atoms with Crippen molar-refractivity contribution in [3.05, 3.63) is 34.1 Å². The number of carbonyl (C=O) groups is 2. The molecule has 6 heteroatoms. The summed E-state index contributed by atoms with van der Waals surface area (Å²) in [6.45, 7) is 0. The van der Waals surface area contributed by atoms with Gasteiger partial charge in [-0.05, 0) is 31.0 Å². The zero-order valence-corrected chi connectivity index (χ0v) is 10.9. The lowest BCUT2D eigenvalue weighted by Gasteiger charge is -2.25. The first-order valence-corrected chi connectivity index (χ1v) is 6.24. The molecule has 2 rings (SSSR count). The van der Waals surface area contributed by atoms with Gasteiger partial charge in [-0.2, -0.15) is 0 Å². The number of nitrogens with zero attached hydrogens (tertiary/aromatic N) is 1. The lowest BCUT2D eigenvalue weighted by atomic mass is 10.0. The second-order valence-corrected chi connectivity index (χ2v) is 5.11. The van der Waals surface area contributed by atoms with E-state index in [9.17, 15) is 19.1 Å². The van der Waals surface area contributed by atoms with Crippen LogP contribution in [0.4, 0.5) is 4.39 Å². The minimum Gasteiger partial charge on any atom is -0.479 e. The predicted molar refractivity (Wildman–Crippen MR) is 65.4 cm³/mol. The third-order valence-corrected chi connectivity index (χ3v) is 3.37. The molecule has 1 saturated carbocycles. The number of carbonyl (C=O) groups excluding carboxylic acids is 1. The third-order valence-electron chi connectivity index (χ3n) is 2.87. The quantitative estimate of drug-likeness (QED) is 0.848. The molecule has 1 aliphatic carbocycles.